The van der Waals surface area contributed by atoms with Crippen LogP contribution in [0.3, 0.4) is 0 Å². The van der Waals surface area contributed by atoms with E-state index in [-0.39, 0.29) is 5.97 Å². The van der Waals surface area contributed by atoms with E-state index in [2.05, 4.69) is 34.2 Å². The highest BCUT2D eigenvalue weighted by Crippen LogP contribution is 2.23. The van der Waals surface area contributed by atoms with Gasteiger partial charge < -0.3 is 15.0 Å². The number of anilines is 1. The zero-order valence-corrected chi connectivity index (χ0v) is 14.0. The van der Waals surface area contributed by atoms with Crippen LogP contribution in [0, 0.1) is 6.92 Å². The molecule has 0 aromatic carbocycles. The average molecular weight is 312 g/mol. The molecule has 6 nitrogen and oxygen atoms in total. The molecule has 2 heterocycles. The van der Waals surface area contributed by atoms with Gasteiger partial charge in [-0.1, -0.05) is 0 Å². The molecule has 0 saturated carbocycles. The van der Waals surface area contributed by atoms with Gasteiger partial charge >= 0.3 is 5.97 Å². The zero-order valence-electron chi connectivity index (χ0n) is 13.2. The summed E-state index contributed by atoms with van der Waals surface area (Å²) in [7, 11) is 4.29. The number of piperazine rings is 1. The number of aryl methyl sites for hydroxylation is 1. The fourth-order valence-corrected chi connectivity index (χ4v) is 3.20. The Hall–Kier alpha value is -1.18. The number of likely N-dealkylation sites (N-methyl/N-ethyl adjacent to an activating group) is 2. The first kappa shape index (κ1) is 16.2. The lowest BCUT2D eigenvalue weighted by Gasteiger charge is -2.37. The third-order valence-corrected chi connectivity index (χ3v) is 4.66. The Labute approximate surface area is 130 Å². The van der Waals surface area contributed by atoms with Gasteiger partial charge in [0.05, 0.1) is 6.61 Å². The van der Waals surface area contributed by atoms with Crippen LogP contribution in [-0.4, -0.2) is 73.7 Å². The van der Waals surface area contributed by atoms with Crippen LogP contribution in [0.25, 0.3) is 0 Å². The van der Waals surface area contributed by atoms with Gasteiger partial charge in [-0.15, -0.1) is 11.3 Å². The van der Waals surface area contributed by atoms with Gasteiger partial charge in [0.15, 0.2) is 10.8 Å². The molecule has 0 bridgehead atoms. The van der Waals surface area contributed by atoms with Crippen molar-refractivity contribution >= 4 is 22.4 Å². The second kappa shape index (κ2) is 7.20. The van der Waals surface area contributed by atoms with E-state index in [0.29, 0.717) is 18.3 Å². The van der Waals surface area contributed by atoms with E-state index in [1.807, 2.05) is 6.92 Å². The first-order valence-corrected chi connectivity index (χ1v) is 8.10. The summed E-state index contributed by atoms with van der Waals surface area (Å²) < 4.78 is 5.01. The van der Waals surface area contributed by atoms with Crippen molar-refractivity contribution in [2.24, 2.45) is 0 Å². The summed E-state index contributed by atoms with van der Waals surface area (Å²) in [5.41, 5.74) is 0.429. The number of nitrogens with zero attached hydrogens (tertiary/aromatic N) is 3. The van der Waals surface area contributed by atoms with Crippen molar-refractivity contribution in [3.8, 4) is 0 Å². The number of thiazole rings is 1. The number of hydrogen-bond donors (Lipinski definition) is 1. The van der Waals surface area contributed by atoms with Crippen molar-refractivity contribution in [2.75, 3.05) is 52.2 Å². The number of ether oxygens (including phenoxy) is 1. The number of carbonyl (C=O) groups is 1. The Bertz CT molecular complexity index is 491. The molecule has 1 aromatic rings. The van der Waals surface area contributed by atoms with E-state index in [0.717, 1.165) is 36.2 Å². The Morgan fingerprint density at radius 3 is 2.95 bits per heavy atom. The molecule has 1 aliphatic heterocycles. The molecule has 1 fully saturated rings. The minimum Gasteiger partial charge on any atom is -0.461 e. The van der Waals surface area contributed by atoms with E-state index in [1.54, 1.807) is 6.92 Å². The number of aromatic nitrogens is 1. The highest BCUT2D eigenvalue weighted by Gasteiger charge is 2.23. The third-order valence-electron chi connectivity index (χ3n) is 3.73. The topological polar surface area (TPSA) is 57.7 Å². The fraction of sp³-hybridized carbons (Fsp3) is 0.714. The van der Waals surface area contributed by atoms with Crippen molar-refractivity contribution in [3.05, 3.63) is 10.6 Å². The van der Waals surface area contributed by atoms with E-state index in [1.165, 1.54) is 11.3 Å². The predicted molar refractivity (Wildman–Crippen MR) is 85.2 cm³/mol. The van der Waals surface area contributed by atoms with Crippen molar-refractivity contribution in [1.82, 2.24) is 14.8 Å². The lowest BCUT2D eigenvalue weighted by atomic mass is 10.2. The molecule has 0 aliphatic carbocycles. The van der Waals surface area contributed by atoms with Crippen LogP contribution in [-0.2, 0) is 4.74 Å². The smallest absolute Gasteiger partial charge is 0.358 e. The van der Waals surface area contributed by atoms with E-state index in [9.17, 15) is 4.79 Å². The van der Waals surface area contributed by atoms with Gasteiger partial charge in [0, 0.05) is 37.1 Å². The molecule has 1 N–H and O–H groups in total. The SMILES string of the molecule is CCOC(=O)c1nc(NCC2CN(C)CCN2C)sc1C. The van der Waals surface area contributed by atoms with Gasteiger partial charge in [-0.25, -0.2) is 9.78 Å². The van der Waals surface area contributed by atoms with Crippen LogP contribution in [0.2, 0.25) is 0 Å². The fourth-order valence-electron chi connectivity index (χ4n) is 2.39. The maximum absolute atomic E-state index is 11.8. The molecule has 1 aromatic heterocycles. The molecular formula is C14H24N4O2S. The van der Waals surface area contributed by atoms with Crippen molar-refractivity contribution in [3.63, 3.8) is 0 Å². The molecule has 0 radical (unpaired) electrons. The maximum atomic E-state index is 11.8. The highest BCUT2D eigenvalue weighted by atomic mass is 32.1. The molecule has 0 spiro atoms. The van der Waals surface area contributed by atoms with Crippen molar-refractivity contribution in [2.45, 2.75) is 19.9 Å². The zero-order chi connectivity index (χ0) is 15.4. The molecule has 2 rings (SSSR count). The Kier molecular flexibility index (Phi) is 5.55. The number of rotatable bonds is 5. The Balaban J connectivity index is 1.94. The summed E-state index contributed by atoms with van der Waals surface area (Å²) in [4.78, 5) is 21.7. The summed E-state index contributed by atoms with van der Waals surface area (Å²) in [5, 5.41) is 4.14. The van der Waals surface area contributed by atoms with Crippen LogP contribution in [0.4, 0.5) is 5.13 Å². The number of esters is 1. The summed E-state index contributed by atoms with van der Waals surface area (Å²) in [6.45, 7) is 8.13. The molecule has 1 aliphatic rings. The lowest BCUT2D eigenvalue weighted by molar-refractivity contribution is 0.0519. The summed E-state index contributed by atoms with van der Waals surface area (Å²) >= 11 is 1.50. The van der Waals surface area contributed by atoms with Gasteiger partial charge in [-0.2, -0.15) is 0 Å². The highest BCUT2D eigenvalue weighted by molar-refractivity contribution is 7.15. The molecule has 0 amide bonds. The molecule has 1 saturated heterocycles. The summed E-state index contributed by atoms with van der Waals surface area (Å²) in [5.74, 6) is -0.339. The van der Waals surface area contributed by atoms with Crippen LogP contribution in [0.1, 0.15) is 22.3 Å². The number of carbonyl (C=O) groups excluding carboxylic acids is 1. The van der Waals surface area contributed by atoms with Crippen molar-refractivity contribution in [1.29, 1.82) is 0 Å². The van der Waals surface area contributed by atoms with Gasteiger partial charge in [0.1, 0.15) is 0 Å². The van der Waals surface area contributed by atoms with E-state index >= 15 is 0 Å². The molecule has 7 heteroatoms. The van der Waals surface area contributed by atoms with Gasteiger partial charge in [0.25, 0.3) is 0 Å². The van der Waals surface area contributed by atoms with Crippen LogP contribution >= 0.6 is 11.3 Å². The molecule has 21 heavy (non-hydrogen) atoms. The van der Waals surface area contributed by atoms with Crippen LogP contribution in [0.15, 0.2) is 0 Å². The van der Waals surface area contributed by atoms with Crippen molar-refractivity contribution < 1.29 is 9.53 Å². The molecule has 118 valence electrons. The standard InChI is InChI=1S/C14H24N4O2S/c1-5-20-13(19)12-10(2)21-14(16-12)15-8-11-9-17(3)6-7-18(11)4/h11H,5-9H2,1-4H3,(H,15,16). The number of nitrogens with one attached hydrogen (secondary N) is 1. The van der Waals surface area contributed by atoms with E-state index in [4.69, 9.17) is 4.74 Å². The Morgan fingerprint density at radius 1 is 1.48 bits per heavy atom. The molecule has 1 unspecified atom stereocenters. The number of hydrogen-bond acceptors (Lipinski definition) is 7. The second-order valence-electron chi connectivity index (χ2n) is 5.42. The average Bonchev–Trinajstić information content (AvgIpc) is 2.81. The first-order valence-electron chi connectivity index (χ1n) is 7.28. The van der Waals surface area contributed by atoms with Crippen LogP contribution in [0.5, 0.6) is 0 Å². The van der Waals surface area contributed by atoms with Gasteiger partial charge in [-0.3, -0.25) is 4.90 Å². The molecule has 1 atom stereocenters. The Morgan fingerprint density at radius 2 is 2.24 bits per heavy atom. The van der Waals surface area contributed by atoms with Gasteiger partial charge in [0.2, 0.25) is 0 Å². The third kappa shape index (κ3) is 4.15. The van der Waals surface area contributed by atoms with Crippen LogP contribution < -0.4 is 5.32 Å². The second-order valence-corrected chi connectivity index (χ2v) is 6.63. The maximum Gasteiger partial charge on any atom is 0.358 e. The summed E-state index contributed by atoms with van der Waals surface area (Å²) in [6, 6.07) is 0.457. The normalized spacial score (nSPS) is 20.5. The largest absolute Gasteiger partial charge is 0.461 e. The predicted octanol–water partition coefficient (Wildman–Crippen LogP) is 1.29. The minimum absolute atomic E-state index is 0.339. The minimum atomic E-state index is -0.339. The van der Waals surface area contributed by atoms with E-state index < -0.39 is 0 Å². The quantitative estimate of drug-likeness (QED) is 0.827. The lowest BCUT2D eigenvalue weighted by Crippen LogP contribution is -2.52. The monoisotopic (exact) mass is 312 g/mol. The van der Waals surface area contributed by atoms with Gasteiger partial charge in [-0.05, 0) is 27.9 Å². The first-order chi connectivity index (χ1) is 10.0. The molecular weight excluding hydrogens is 288 g/mol. The summed E-state index contributed by atoms with van der Waals surface area (Å²) in [6.07, 6.45) is 0.